The molecule has 2 rings (SSSR count). The summed E-state index contributed by atoms with van der Waals surface area (Å²) in [5.41, 5.74) is 1.22. The third-order valence-corrected chi connectivity index (χ3v) is 4.69. The lowest BCUT2D eigenvalue weighted by Gasteiger charge is -2.31. The number of halogens is 1. The van der Waals surface area contributed by atoms with Crippen molar-refractivity contribution in [3.63, 3.8) is 0 Å². The fourth-order valence-electron chi connectivity index (χ4n) is 2.21. The monoisotopic (exact) mass is 288 g/mol. The number of thiophene rings is 1. The van der Waals surface area contributed by atoms with Crippen molar-refractivity contribution in [3.8, 4) is 0 Å². The van der Waals surface area contributed by atoms with E-state index in [0.29, 0.717) is 6.04 Å². The molecule has 1 N–H and O–H groups in total. The van der Waals surface area contributed by atoms with E-state index in [1.54, 1.807) is 11.3 Å². The van der Waals surface area contributed by atoms with Crippen molar-refractivity contribution in [2.45, 2.75) is 32.7 Å². The number of hydrogen-bond acceptors (Lipinski definition) is 3. The van der Waals surface area contributed by atoms with E-state index in [0.717, 1.165) is 30.8 Å². The van der Waals surface area contributed by atoms with E-state index in [4.69, 9.17) is 0 Å². The normalized spacial score (nSPS) is 16.2. The van der Waals surface area contributed by atoms with Crippen LogP contribution < -0.4 is 5.32 Å². The lowest BCUT2D eigenvalue weighted by atomic mass is 10.1. The van der Waals surface area contributed by atoms with Gasteiger partial charge in [-0.05, 0) is 51.4 Å². The summed E-state index contributed by atoms with van der Waals surface area (Å²) in [4.78, 5) is 16.4. The van der Waals surface area contributed by atoms with Crippen LogP contribution in [0.25, 0.3) is 0 Å². The summed E-state index contributed by atoms with van der Waals surface area (Å²) in [6.45, 7) is 6.17. The Labute approximate surface area is 119 Å². The van der Waals surface area contributed by atoms with Crippen LogP contribution in [0.3, 0.4) is 0 Å². The largest absolute Gasteiger partial charge is 0.338 e. The molecule has 0 bridgehead atoms. The predicted molar refractivity (Wildman–Crippen MR) is 79.0 cm³/mol. The SMILES string of the molecule is Cc1cc(C(=O)N(C)C2CCNCC2)sc1C.Cl. The molecule has 0 aromatic carbocycles. The number of amides is 1. The van der Waals surface area contributed by atoms with Crippen molar-refractivity contribution >= 4 is 29.7 Å². The number of piperidine rings is 1. The Hall–Kier alpha value is -0.580. The van der Waals surface area contributed by atoms with E-state index >= 15 is 0 Å². The zero-order valence-corrected chi connectivity index (χ0v) is 12.8. The summed E-state index contributed by atoms with van der Waals surface area (Å²) in [7, 11) is 1.93. The number of nitrogens with one attached hydrogen (secondary N) is 1. The highest BCUT2D eigenvalue weighted by molar-refractivity contribution is 7.14. The van der Waals surface area contributed by atoms with Crippen LogP contribution in [0.15, 0.2) is 6.07 Å². The molecule has 2 heterocycles. The van der Waals surface area contributed by atoms with Gasteiger partial charge in [-0.15, -0.1) is 23.7 Å². The summed E-state index contributed by atoms with van der Waals surface area (Å²) in [5.74, 6) is 0.179. The molecule has 0 atom stereocenters. The molecule has 1 aliphatic heterocycles. The van der Waals surface area contributed by atoms with Gasteiger partial charge in [-0.3, -0.25) is 4.79 Å². The highest BCUT2D eigenvalue weighted by atomic mass is 35.5. The smallest absolute Gasteiger partial charge is 0.263 e. The second-order valence-corrected chi connectivity index (χ2v) is 6.00. The number of carbonyl (C=O) groups is 1. The molecular formula is C13H21ClN2OS. The minimum absolute atomic E-state index is 0. The molecule has 0 aliphatic carbocycles. The lowest BCUT2D eigenvalue weighted by Crippen LogP contribution is -2.43. The fraction of sp³-hybridized carbons (Fsp3) is 0.615. The molecule has 0 spiro atoms. The van der Waals surface area contributed by atoms with E-state index in [-0.39, 0.29) is 18.3 Å². The Morgan fingerprint density at radius 2 is 2.00 bits per heavy atom. The average Bonchev–Trinajstić information content (AvgIpc) is 2.69. The summed E-state index contributed by atoms with van der Waals surface area (Å²) < 4.78 is 0. The van der Waals surface area contributed by atoms with Gasteiger partial charge in [0.25, 0.3) is 5.91 Å². The maximum absolute atomic E-state index is 12.3. The molecule has 1 fully saturated rings. The van der Waals surface area contributed by atoms with Crippen LogP contribution in [-0.4, -0.2) is 37.0 Å². The summed E-state index contributed by atoms with van der Waals surface area (Å²) >= 11 is 1.61. The van der Waals surface area contributed by atoms with Gasteiger partial charge in [0.05, 0.1) is 4.88 Å². The summed E-state index contributed by atoms with van der Waals surface area (Å²) in [5, 5.41) is 3.33. The Balaban J connectivity index is 0.00000162. The van der Waals surface area contributed by atoms with Crippen LogP contribution in [-0.2, 0) is 0 Å². The zero-order valence-electron chi connectivity index (χ0n) is 11.2. The van der Waals surface area contributed by atoms with E-state index in [9.17, 15) is 4.79 Å². The van der Waals surface area contributed by atoms with Crippen LogP contribution in [0.2, 0.25) is 0 Å². The third-order valence-electron chi connectivity index (χ3n) is 3.55. The highest BCUT2D eigenvalue weighted by Crippen LogP contribution is 2.23. The first kappa shape index (κ1) is 15.5. The molecule has 18 heavy (non-hydrogen) atoms. The third kappa shape index (κ3) is 3.25. The lowest BCUT2D eigenvalue weighted by molar-refractivity contribution is 0.0708. The molecule has 5 heteroatoms. The molecule has 0 unspecified atom stereocenters. The maximum atomic E-state index is 12.3. The average molecular weight is 289 g/mol. The fourth-order valence-corrected chi connectivity index (χ4v) is 3.23. The molecule has 0 saturated carbocycles. The number of carbonyl (C=O) groups excluding carboxylic acids is 1. The van der Waals surface area contributed by atoms with E-state index in [2.05, 4.69) is 19.2 Å². The van der Waals surface area contributed by atoms with Gasteiger partial charge in [0, 0.05) is 18.0 Å². The number of nitrogens with zero attached hydrogens (tertiary/aromatic N) is 1. The van der Waals surface area contributed by atoms with Gasteiger partial charge in [0.15, 0.2) is 0 Å². The molecule has 1 aromatic rings. The maximum Gasteiger partial charge on any atom is 0.263 e. The second kappa shape index (κ2) is 6.55. The van der Waals surface area contributed by atoms with Crippen LogP contribution in [0.1, 0.15) is 33.0 Å². The molecule has 3 nitrogen and oxygen atoms in total. The molecular weight excluding hydrogens is 268 g/mol. The molecule has 1 amide bonds. The first-order valence-electron chi connectivity index (χ1n) is 6.14. The molecule has 1 aromatic heterocycles. The molecule has 1 aliphatic rings. The molecule has 102 valence electrons. The Morgan fingerprint density at radius 3 is 2.50 bits per heavy atom. The Kier molecular flexibility index (Phi) is 5.63. The minimum atomic E-state index is 0. The number of hydrogen-bond donors (Lipinski definition) is 1. The van der Waals surface area contributed by atoms with Crippen molar-refractivity contribution in [1.29, 1.82) is 0 Å². The Morgan fingerprint density at radius 1 is 1.39 bits per heavy atom. The second-order valence-electron chi connectivity index (χ2n) is 4.75. The van der Waals surface area contributed by atoms with E-state index < -0.39 is 0 Å². The molecule has 1 saturated heterocycles. The van der Waals surface area contributed by atoms with Crippen LogP contribution >= 0.6 is 23.7 Å². The van der Waals surface area contributed by atoms with Crippen molar-refractivity contribution in [3.05, 3.63) is 21.4 Å². The van der Waals surface area contributed by atoms with Gasteiger partial charge in [-0.2, -0.15) is 0 Å². The standard InChI is InChI=1S/C13H20N2OS.ClH/c1-9-8-12(17-10(9)2)13(16)15(3)11-4-6-14-7-5-11;/h8,11,14H,4-7H2,1-3H3;1H. The Bertz CT molecular complexity index is 394. The van der Waals surface area contributed by atoms with Crippen molar-refractivity contribution in [2.75, 3.05) is 20.1 Å². The van der Waals surface area contributed by atoms with E-state index in [1.807, 2.05) is 18.0 Å². The number of rotatable bonds is 2. The van der Waals surface area contributed by atoms with E-state index in [1.165, 1.54) is 10.4 Å². The van der Waals surface area contributed by atoms with Gasteiger partial charge < -0.3 is 10.2 Å². The predicted octanol–water partition coefficient (Wildman–Crippen LogP) is 2.61. The minimum Gasteiger partial charge on any atom is -0.338 e. The van der Waals surface area contributed by atoms with Crippen LogP contribution in [0.5, 0.6) is 0 Å². The number of aryl methyl sites for hydroxylation is 2. The van der Waals surface area contributed by atoms with Crippen LogP contribution in [0.4, 0.5) is 0 Å². The first-order chi connectivity index (χ1) is 8.09. The van der Waals surface area contributed by atoms with Crippen molar-refractivity contribution in [2.24, 2.45) is 0 Å². The summed E-state index contributed by atoms with van der Waals surface area (Å²) in [6, 6.07) is 2.41. The summed E-state index contributed by atoms with van der Waals surface area (Å²) in [6.07, 6.45) is 2.12. The first-order valence-corrected chi connectivity index (χ1v) is 6.96. The van der Waals surface area contributed by atoms with Crippen LogP contribution in [0, 0.1) is 13.8 Å². The zero-order chi connectivity index (χ0) is 12.4. The van der Waals surface area contributed by atoms with Gasteiger partial charge in [-0.1, -0.05) is 0 Å². The van der Waals surface area contributed by atoms with Gasteiger partial charge in [-0.25, -0.2) is 0 Å². The van der Waals surface area contributed by atoms with Gasteiger partial charge in [0.2, 0.25) is 0 Å². The molecule has 0 radical (unpaired) electrons. The quantitative estimate of drug-likeness (QED) is 0.907. The van der Waals surface area contributed by atoms with Crippen molar-refractivity contribution < 1.29 is 4.79 Å². The topological polar surface area (TPSA) is 32.3 Å². The highest BCUT2D eigenvalue weighted by Gasteiger charge is 2.23. The van der Waals surface area contributed by atoms with Gasteiger partial charge in [0.1, 0.15) is 0 Å². The van der Waals surface area contributed by atoms with Gasteiger partial charge >= 0.3 is 0 Å². The van der Waals surface area contributed by atoms with Crippen molar-refractivity contribution in [1.82, 2.24) is 10.2 Å².